The van der Waals surface area contributed by atoms with Crippen molar-refractivity contribution in [2.75, 3.05) is 11.9 Å². The van der Waals surface area contributed by atoms with Gasteiger partial charge < -0.3 is 10.1 Å². The number of nitrogens with zero attached hydrogens (tertiary/aromatic N) is 3. The first kappa shape index (κ1) is 18.2. The highest BCUT2D eigenvalue weighted by Crippen LogP contribution is 2.26. The molecule has 0 fully saturated rings. The minimum absolute atomic E-state index is 0.143. The SMILES string of the molecule is O=C(Nc1cc(OCC(F)F)cc([N+](=O)[O-])c1)c1ccn(C(F)F)n1. The first-order valence-electron chi connectivity index (χ1n) is 6.61. The third-order valence-electron chi connectivity index (χ3n) is 2.78. The van der Waals surface area contributed by atoms with Crippen LogP contribution in [0, 0.1) is 10.1 Å². The zero-order valence-corrected chi connectivity index (χ0v) is 12.2. The predicted molar refractivity (Wildman–Crippen MR) is 76.0 cm³/mol. The molecule has 0 unspecified atom stereocenters. The van der Waals surface area contributed by atoms with Crippen LogP contribution < -0.4 is 10.1 Å². The van der Waals surface area contributed by atoms with Gasteiger partial charge in [0, 0.05) is 18.3 Å². The van der Waals surface area contributed by atoms with Gasteiger partial charge in [0.2, 0.25) is 0 Å². The van der Waals surface area contributed by atoms with Crippen LogP contribution in [0.15, 0.2) is 30.5 Å². The van der Waals surface area contributed by atoms with Gasteiger partial charge in [0.25, 0.3) is 18.0 Å². The standard InChI is InChI=1S/C13H10F4N4O4/c14-11(15)6-25-9-4-7(3-8(5-9)21(23)24)18-12(22)10-1-2-20(19-10)13(16)17/h1-5,11,13H,6H2,(H,18,22). The zero-order valence-electron chi connectivity index (χ0n) is 12.2. The maximum absolute atomic E-state index is 12.4. The fraction of sp³-hybridized carbons (Fsp3) is 0.231. The van der Waals surface area contributed by atoms with Gasteiger partial charge in [0.15, 0.2) is 5.69 Å². The van der Waals surface area contributed by atoms with Crippen LogP contribution in [-0.2, 0) is 0 Å². The molecule has 0 spiro atoms. The second-order valence-electron chi connectivity index (χ2n) is 4.59. The number of carbonyl (C=O) groups is 1. The minimum atomic E-state index is -2.94. The van der Waals surface area contributed by atoms with Crippen LogP contribution in [0.5, 0.6) is 5.75 Å². The highest BCUT2D eigenvalue weighted by Gasteiger charge is 2.17. The van der Waals surface area contributed by atoms with Gasteiger partial charge >= 0.3 is 6.55 Å². The quantitative estimate of drug-likeness (QED) is 0.464. The van der Waals surface area contributed by atoms with E-state index in [0.29, 0.717) is 0 Å². The summed E-state index contributed by atoms with van der Waals surface area (Å²) in [6.07, 6.45) is -1.92. The molecule has 12 heteroatoms. The topological polar surface area (TPSA) is 99.3 Å². The molecule has 0 saturated heterocycles. The predicted octanol–water partition coefficient (Wildman–Crippen LogP) is 3.08. The number of aromatic nitrogens is 2. The molecule has 0 radical (unpaired) electrons. The Balaban J connectivity index is 2.21. The van der Waals surface area contributed by atoms with Crippen LogP contribution in [0.2, 0.25) is 0 Å². The number of rotatable bonds is 7. The Morgan fingerprint density at radius 2 is 2.04 bits per heavy atom. The van der Waals surface area contributed by atoms with Crippen molar-refractivity contribution in [3.8, 4) is 5.75 Å². The normalized spacial score (nSPS) is 11.0. The summed E-state index contributed by atoms with van der Waals surface area (Å²) in [5.41, 5.74) is -1.02. The van der Waals surface area contributed by atoms with E-state index in [1.54, 1.807) is 0 Å². The summed E-state index contributed by atoms with van der Waals surface area (Å²) >= 11 is 0. The molecular formula is C13H10F4N4O4. The number of non-ortho nitro benzene ring substituents is 1. The van der Waals surface area contributed by atoms with E-state index in [-0.39, 0.29) is 21.8 Å². The van der Waals surface area contributed by atoms with Crippen molar-refractivity contribution >= 4 is 17.3 Å². The van der Waals surface area contributed by atoms with Gasteiger partial charge in [0.05, 0.1) is 16.7 Å². The van der Waals surface area contributed by atoms with E-state index < -0.39 is 36.1 Å². The van der Waals surface area contributed by atoms with Crippen LogP contribution in [0.25, 0.3) is 0 Å². The van der Waals surface area contributed by atoms with Gasteiger partial charge in [-0.1, -0.05) is 0 Å². The lowest BCUT2D eigenvalue weighted by Gasteiger charge is -2.08. The first-order valence-corrected chi connectivity index (χ1v) is 6.61. The van der Waals surface area contributed by atoms with Gasteiger partial charge in [-0.2, -0.15) is 13.9 Å². The number of alkyl halides is 4. The molecule has 1 heterocycles. The molecule has 0 aliphatic carbocycles. The zero-order chi connectivity index (χ0) is 18.6. The second kappa shape index (κ2) is 7.59. The highest BCUT2D eigenvalue weighted by atomic mass is 19.3. The molecule has 0 saturated carbocycles. The maximum atomic E-state index is 12.4. The van der Waals surface area contributed by atoms with Crippen molar-refractivity contribution < 1.29 is 32.0 Å². The average molecular weight is 362 g/mol. The molecule has 8 nitrogen and oxygen atoms in total. The van der Waals surface area contributed by atoms with Crippen LogP contribution in [0.4, 0.5) is 28.9 Å². The Kier molecular flexibility index (Phi) is 5.52. The number of ether oxygens (including phenoxy) is 1. The molecule has 1 amide bonds. The Labute approximate surface area is 137 Å². The summed E-state index contributed by atoms with van der Waals surface area (Å²) in [5, 5.41) is 16.4. The summed E-state index contributed by atoms with van der Waals surface area (Å²) in [6, 6.07) is 3.96. The van der Waals surface area contributed by atoms with Gasteiger partial charge in [-0.25, -0.2) is 13.5 Å². The van der Waals surface area contributed by atoms with Gasteiger partial charge in [-0.15, -0.1) is 0 Å². The molecule has 0 aliphatic rings. The fourth-order valence-electron chi connectivity index (χ4n) is 1.77. The smallest absolute Gasteiger partial charge is 0.333 e. The van der Waals surface area contributed by atoms with E-state index in [4.69, 9.17) is 4.74 Å². The third-order valence-corrected chi connectivity index (χ3v) is 2.78. The fourth-order valence-corrected chi connectivity index (χ4v) is 1.77. The van der Waals surface area contributed by atoms with E-state index in [1.807, 2.05) is 0 Å². The Morgan fingerprint density at radius 3 is 2.60 bits per heavy atom. The van der Waals surface area contributed by atoms with E-state index in [1.165, 1.54) is 0 Å². The van der Waals surface area contributed by atoms with Crippen LogP contribution in [-0.4, -0.2) is 33.6 Å². The number of nitrogens with one attached hydrogen (secondary N) is 1. The third kappa shape index (κ3) is 4.89. The van der Waals surface area contributed by atoms with Crippen molar-refractivity contribution in [2.24, 2.45) is 0 Å². The first-order chi connectivity index (χ1) is 11.8. The van der Waals surface area contributed by atoms with Crippen LogP contribution >= 0.6 is 0 Å². The Hall–Kier alpha value is -3.18. The van der Waals surface area contributed by atoms with Crippen molar-refractivity contribution in [2.45, 2.75) is 13.0 Å². The molecule has 1 aromatic carbocycles. The molecule has 2 aromatic rings. The van der Waals surface area contributed by atoms with Crippen molar-refractivity contribution in [3.63, 3.8) is 0 Å². The summed E-state index contributed by atoms with van der Waals surface area (Å²) in [7, 11) is 0. The number of nitro groups is 1. The van der Waals surface area contributed by atoms with Crippen molar-refractivity contribution in [3.05, 3.63) is 46.3 Å². The molecule has 0 aliphatic heterocycles. The summed E-state index contributed by atoms with van der Waals surface area (Å²) in [6.45, 7) is -3.93. The second-order valence-corrected chi connectivity index (χ2v) is 4.59. The van der Waals surface area contributed by atoms with E-state index in [9.17, 15) is 32.5 Å². The molecule has 0 atom stereocenters. The largest absolute Gasteiger partial charge is 0.487 e. The maximum Gasteiger partial charge on any atom is 0.333 e. The number of benzene rings is 1. The Bertz CT molecular complexity index is 781. The Morgan fingerprint density at radius 1 is 1.32 bits per heavy atom. The number of amides is 1. The minimum Gasteiger partial charge on any atom is -0.487 e. The number of nitro benzene ring substituents is 1. The summed E-state index contributed by atoms with van der Waals surface area (Å²) in [4.78, 5) is 22.0. The van der Waals surface area contributed by atoms with Gasteiger partial charge in [-0.3, -0.25) is 14.9 Å². The summed E-state index contributed by atoms with van der Waals surface area (Å²) < 4.78 is 54.2. The number of halogens is 4. The number of hydrogen-bond acceptors (Lipinski definition) is 5. The molecular weight excluding hydrogens is 352 g/mol. The molecule has 1 aromatic heterocycles. The number of anilines is 1. The number of carbonyl (C=O) groups excluding carboxylic acids is 1. The molecule has 2 rings (SSSR count). The van der Waals surface area contributed by atoms with Gasteiger partial charge in [-0.05, 0) is 6.07 Å². The average Bonchev–Trinajstić information content (AvgIpc) is 3.03. The van der Waals surface area contributed by atoms with Crippen LogP contribution in [0.3, 0.4) is 0 Å². The monoisotopic (exact) mass is 362 g/mol. The molecule has 0 bridgehead atoms. The van der Waals surface area contributed by atoms with E-state index in [2.05, 4.69) is 10.4 Å². The molecule has 134 valence electrons. The lowest BCUT2D eigenvalue weighted by atomic mass is 10.2. The lowest BCUT2D eigenvalue weighted by molar-refractivity contribution is -0.384. The molecule has 25 heavy (non-hydrogen) atoms. The van der Waals surface area contributed by atoms with Crippen molar-refractivity contribution in [1.29, 1.82) is 0 Å². The molecule has 1 N–H and O–H groups in total. The van der Waals surface area contributed by atoms with Crippen molar-refractivity contribution in [1.82, 2.24) is 9.78 Å². The number of hydrogen-bond donors (Lipinski definition) is 1. The lowest BCUT2D eigenvalue weighted by Crippen LogP contribution is -2.14. The van der Waals surface area contributed by atoms with Gasteiger partial charge in [0.1, 0.15) is 12.4 Å². The summed E-state index contributed by atoms with van der Waals surface area (Å²) in [5.74, 6) is -1.18. The van der Waals surface area contributed by atoms with Crippen LogP contribution in [0.1, 0.15) is 17.0 Å². The highest BCUT2D eigenvalue weighted by molar-refractivity contribution is 6.03. The van der Waals surface area contributed by atoms with E-state index in [0.717, 1.165) is 30.5 Å². The van der Waals surface area contributed by atoms with E-state index >= 15 is 0 Å².